The minimum Gasteiger partial charge on any atom is -0.493 e. The molecule has 0 unspecified atom stereocenters. The normalized spacial score (nSPS) is 13.7. The fourth-order valence-corrected chi connectivity index (χ4v) is 4.17. The smallest absolute Gasteiger partial charge is 0.313 e. The van der Waals surface area contributed by atoms with Crippen LogP contribution in [0.15, 0.2) is 42.6 Å². The number of unbranched alkanes of at least 4 members (excludes halogenated alkanes) is 1. The Balaban J connectivity index is 1.47. The first-order valence-electron chi connectivity index (χ1n) is 12.8. The summed E-state index contributed by atoms with van der Waals surface area (Å²) in [7, 11) is 1.56. The summed E-state index contributed by atoms with van der Waals surface area (Å²) in [5.41, 5.74) is 0.754. The fourth-order valence-electron chi connectivity index (χ4n) is 4.17. The monoisotopic (exact) mass is 524 g/mol. The first-order valence-corrected chi connectivity index (χ1v) is 12.8. The summed E-state index contributed by atoms with van der Waals surface area (Å²) in [6, 6.07) is 9.14. The number of carbonyl (C=O) groups is 2. The Bertz CT molecular complexity index is 1280. The van der Waals surface area contributed by atoms with Crippen molar-refractivity contribution < 1.29 is 28.2 Å². The molecule has 4 rings (SSSR count). The molecule has 0 bridgehead atoms. The standard InChI is InChI=1S/C28H33FN4O5/c1-3-4-10-32-27(34)28(35)33-19-5-6-24(21(29)14-19)38-23-9-13-31-22-16-26(25(36-2)15-20(22)23)37-17-18-7-11-30-12-8-18/h5-6,9,13-16,18,30H,3-4,7-8,10-12,17H2,1-2H3,(H,32,34)(H,33,35). The van der Waals surface area contributed by atoms with E-state index in [-0.39, 0.29) is 11.4 Å². The van der Waals surface area contributed by atoms with E-state index in [0.29, 0.717) is 47.2 Å². The first-order chi connectivity index (χ1) is 18.5. The third kappa shape index (κ3) is 6.89. The number of amides is 2. The molecule has 1 aromatic heterocycles. The zero-order valence-corrected chi connectivity index (χ0v) is 21.6. The van der Waals surface area contributed by atoms with Crippen molar-refractivity contribution >= 4 is 28.4 Å². The quantitative estimate of drug-likeness (QED) is 0.266. The van der Waals surface area contributed by atoms with Crippen molar-refractivity contribution in [2.24, 2.45) is 5.92 Å². The van der Waals surface area contributed by atoms with Gasteiger partial charge in [-0.2, -0.15) is 0 Å². The van der Waals surface area contributed by atoms with Crippen LogP contribution in [0.4, 0.5) is 10.1 Å². The average Bonchev–Trinajstić information content (AvgIpc) is 2.93. The van der Waals surface area contributed by atoms with Gasteiger partial charge in [-0.1, -0.05) is 13.3 Å². The van der Waals surface area contributed by atoms with Crippen molar-refractivity contribution in [1.29, 1.82) is 0 Å². The molecule has 2 amide bonds. The predicted octanol–water partition coefficient (Wildman–Crippen LogP) is 4.41. The average molecular weight is 525 g/mol. The molecular weight excluding hydrogens is 491 g/mol. The second-order valence-electron chi connectivity index (χ2n) is 9.14. The molecule has 0 spiro atoms. The van der Waals surface area contributed by atoms with Gasteiger partial charge in [-0.3, -0.25) is 14.6 Å². The molecule has 0 saturated carbocycles. The zero-order chi connectivity index (χ0) is 26.9. The Hall–Kier alpha value is -3.92. The molecule has 10 heteroatoms. The number of hydrogen-bond acceptors (Lipinski definition) is 7. The molecular formula is C28H33FN4O5. The SMILES string of the molecule is CCCCNC(=O)C(=O)Nc1ccc(Oc2ccnc3cc(OCC4CCNCC4)c(OC)cc23)c(F)c1. The van der Waals surface area contributed by atoms with Crippen molar-refractivity contribution in [3.63, 3.8) is 0 Å². The molecule has 0 aliphatic carbocycles. The van der Waals surface area contributed by atoms with Crippen LogP contribution >= 0.6 is 0 Å². The molecule has 1 aliphatic heterocycles. The third-order valence-electron chi connectivity index (χ3n) is 6.35. The summed E-state index contributed by atoms with van der Waals surface area (Å²) in [6.07, 6.45) is 5.35. The number of anilines is 1. The van der Waals surface area contributed by atoms with E-state index in [1.54, 1.807) is 31.5 Å². The second kappa shape index (κ2) is 13.0. The van der Waals surface area contributed by atoms with Gasteiger partial charge in [-0.15, -0.1) is 0 Å². The molecule has 1 saturated heterocycles. The van der Waals surface area contributed by atoms with Crippen molar-refractivity contribution in [3.05, 3.63) is 48.4 Å². The van der Waals surface area contributed by atoms with Gasteiger partial charge in [0.1, 0.15) is 5.75 Å². The number of hydrogen-bond donors (Lipinski definition) is 3. The van der Waals surface area contributed by atoms with E-state index in [4.69, 9.17) is 14.2 Å². The van der Waals surface area contributed by atoms with E-state index in [0.717, 1.165) is 44.8 Å². The van der Waals surface area contributed by atoms with Gasteiger partial charge in [0.05, 0.1) is 19.2 Å². The summed E-state index contributed by atoms with van der Waals surface area (Å²) in [4.78, 5) is 28.3. The lowest BCUT2D eigenvalue weighted by Crippen LogP contribution is -2.35. The van der Waals surface area contributed by atoms with E-state index in [9.17, 15) is 14.0 Å². The van der Waals surface area contributed by atoms with Crippen LogP contribution in [0.1, 0.15) is 32.6 Å². The minimum atomic E-state index is -0.862. The van der Waals surface area contributed by atoms with Crippen LogP contribution in [0, 0.1) is 11.7 Å². The van der Waals surface area contributed by atoms with Gasteiger partial charge in [-0.05, 0) is 62.5 Å². The lowest BCUT2D eigenvalue weighted by Gasteiger charge is -2.23. The third-order valence-corrected chi connectivity index (χ3v) is 6.35. The summed E-state index contributed by atoms with van der Waals surface area (Å²) in [5.74, 6) is -0.404. The fraction of sp³-hybridized carbons (Fsp3) is 0.393. The molecule has 0 atom stereocenters. The van der Waals surface area contributed by atoms with Gasteiger partial charge in [-0.25, -0.2) is 4.39 Å². The topological polar surface area (TPSA) is 111 Å². The molecule has 3 N–H and O–H groups in total. The summed E-state index contributed by atoms with van der Waals surface area (Å²) in [5, 5.41) is 8.89. The van der Waals surface area contributed by atoms with Gasteiger partial charge in [0.15, 0.2) is 23.1 Å². The number of fused-ring (bicyclic) bond motifs is 1. The van der Waals surface area contributed by atoms with E-state index >= 15 is 0 Å². The van der Waals surface area contributed by atoms with Crippen LogP contribution in [0.5, 0.6) is 23.0 Å². The van der Waals surface area contributed by atoms with Crippen LogP contribution in [-0.4, -0.2) is 50.1 Å². The van der Waals surface area contributed by atoms with Gasteiger partial charge >= 0.3 is 11.8 Å². The number of aromatic nitrogens is 1. The Labute approximate surface area is 221 Å². The zero-order valence-electron chi connectivity index (χ0n) is 21.6. The van der Waals surface area contributed by atoms with Crippen molar-refractivity contribution in [1.82, 2.24) is 15.6 Å². The van der Waals surface area contributed by atoms with Crippen LogP contribution in [0.25, 0.3) is 10.9 Å². The van der Waals surface area contributed by atoms with E-state index in [1.165, 1.54) is 12.1 Å². The summed E-state index contributed by atoms with van der Waals surface area (Å²) >= 11 is 0. The molecule has 202 valence electrons. The molecule has 1 fully saturated rings. The number of piperidine rings is 1. The number of ether oxygens (including phenoxy) is 3. The molecule has 2 aromatic carbocycles. The van der Waals surface area contributed by atoms with E-state index in [2.05, 4.69) is 20.9 Å². The minimum absolute atomic E-state index is 0.0481. The Kier molecular flexibility index (Phi) is 9.31. The molecule has 1 aliphatic rings. The molecule has 9 nitrogen and oxygen atoms in total. The number of halogens is 1. The number of pyridine rings is 1. The highest BCUT2D eigenvalue weighted by Gasteiger charge is 2.18. The Morgan fingerprint density at radius 3 is 2.61 bits per heavy atom. The lowest BCUT2D eigenvalue weighted by molar-refractivity contribution is -0.136. The summed E-state index contributed by atoms with van der Waals surface area (Å²) < 4.78 is 32.4. The second-order valence-corrected chi connectivity index (χ2v) is 9.14. The van der Waals surface area contributed by atoms with Crippen molar-refractivity contribution in [3.8, 4) is 23.0 Å². The van der Waals surface area contributed by atoms with E-state index < -0.39 is 17.6 Å². The highest BCUT2D eigenvalue weighted by molar-refractivity contribution is 6.39. The Morgan fingerprint density at radius 1 is 1.05 bits per heavy atom. The number of nitrogens with zero attached hydrogens (tertiary/aromatic N) is 1. The number of carbonyl (C=O) groups excluding carboxylic acids is 2. The van der Waals surface area contributed by atoms with Gasteiger partial charge in [0, 0.05) is 35.9 Å². The highest BCUT2D eigenvalue weighted by atomic mass is 19.1. The number of benzene rings is 2. The summed E-state index contributed by atoms with van der Waals surface area (Å²) in [6.45, 7) is 4.95. The molecule has 3 aromatic rings. The van der Waals surface area contributed by atoms with Crippen molar-refractivity contribution in [2.75, 3.05) is 38.7 Å². The number of methoxy groups -OCH3 is 1. The van der Waals surface area contributed by atoms with Crippen LogP contribution in [0.2, 0.25) is 0 Å². The van der Waals surface area contributed by atoms with Crippen LogP contribution in [0.3, 0.4) is 0 Å². The number of nitrogens with one attached hydrogen (secondary N) is 3. The van der Waals surface area contributed by atoms with Gasteiger partial charge in [0.25, 0.3) is 0 Å². The first kappa shape index (κ1) is 27.1. The molecule has 0 radical (unpaired) electrons. The maximum atomic E-state index is 14.9. The largest absolute Gasteiger partial charge is 0.493 e. The van der Waals surface area contributed by atoms with Gasteiger partial charge in [0.2, 0.25) is 0 Å². The van der Waals surface area contributed by atoms with Crippen LogP contribution < -0.4 is 30.2 Å². The Morgan fingerprint density at radius 2 is 1.87 bits per heavy atom. The highest BCUT2D eigenvalue weighted by Crippen LogP contribution is 2.38. The lowest BCUT2D eigenvalue weighted by atomic mass is 9.99. The van der Waals surface area contributed by atoms with Gasteiger partial charge < -0.3 is 30.2 Å². The molecule has 2 heterocycles. The molecule has 38 heavy (non-hydrogen) atoms. The predicted molar refractivity (Wildman–Crippen MR) is 142 cm³/mol. The van der Waals surface area contributed by atoms with Crippen LogP contribution in [-0.2, 0) is 9.59 Å². The van der Waals surface area contributed by atoms with E-state index in [1.807, 2.05) is 6.92 Å². The number of rotatable bonds is 10. The maximum absolute atomic E-state index is 14.9. The maximum Gasteiger partial charge on any atom is 0.313 e. The van der Waals surface area contributed by atoms with Crippen molar-refractivity contribution in [2.45, 2.75) is 32.6 Å².